The minimum Gasteiger partial charge on any atom is -0.480 e. The number of nitrogens with zero attached hydrogens (tertiary/aromatic N) is 1. The summed E-state index contributed by atoms with van der Waals surface area (Å²) in [6.07, 6.45) is 5.27. The van der Waals surface area contributed by atoms with Crippen molar-refractivity contribution in [2.45, 2.75) is 31.7 Å². The summed E-state index contributed by atoms with van der Waals surface area (Å²) in [7, 11) is 1.98. The van der Waals surface area contributed by atoms with Crippen molar-refractivity contribution in [3.05, 3.63) is 0 Å². The number of carboxylic acids is 1. The molecule has 4 aliphatic rings. The van der Waals surface area contributed by atoms with Gasteiger partial charge < -0.3 is 5.11 Å². The summed E-state index contributed by atoms with van der Waals surface area (Å²) in [6.45, 7) is 1.02. The van der Waals surface area contributed by atoms with Crippen molar-refractivity contribution in [2.75, 3.05) is 13.6 Å². The molecule has 3 nitrogen and oxygen atoms in total. The van der Waals surface area contributed by atoms with Crippen LogP contribution in [0.5, 0.6) is 0 Å². The highest BCUT2D eigenvalue weighted by molar-refractivity contribution is 5.74. The van der Waals surface area contributed by atoms with Crippen molar-refractivity contribution in [3.63, 3.8) is 0 Å². The summed E-state index contributed by atoms with van der Waals surface area (Å²) in [5.74, 6) is 2.07. The van der Waals surface area contributed by atoms with Crippen molar-refractivity contribution in [1.29, 1.82) is 0 Å². The molecule has 3 unspecified atom stereocenters. The number of likely N-dealkylation sites (tertiary alicyclic amines) is 1. The van der Waals surface area contributed by atoms with Gasteiger partial charge in [-0.05, 0) is 56.4 Å². The van der Waals surface area contributed by atoms with Gasteiger partial charge in [0, 0.05) is 6.54 Å². The lowest BCUT2D eigenvalue weighted by Gasteiger charge is -2.46. The zero-order valence-electron chi connectivity index (χ0n) is 9.22. The van der Waals surface area contributed by atoms with Crippen molar-refractivity contribution in [2.24, 2.45) is 23.7 Å². The molecule has 1 N–H and O–H groups in total. The van der Waals surface area contributed by atoms with E-state index in [1.54, 1.807) is 0 Å². The summed E-state index contributed by atoms with van der Waals surface area (Å²) >= 11 is 0. The number of carbonyl (C=O) groups is 1. The lowest BCUT2D eigenvalue weighted by molar-refractivity contribution is -0.144. The molecule has 0 amide bonds. The van der Waals surface area contributed by atoms with E-state index in [1.807, 2.05) is 7.05 Å². The van der Waals surface area contributed by atoms with Crippen molar-refractivity contribution in [1.82, 2.24) is 4.90 Å². The molecule has 0 aromatic carbocycles. The maximum Gasteiger partial charge on any atom is 0.321 e. The van der Waals surface area contributed by atoms with Gasteiger partial charge in [0.15, 0.2) is 0 Å². The van der Waals surface area contributed by atoms with Crippen molar-refractivity contribution < 1.29 is 9.90 Å². The van der Waals surface area contributed by atoms with E-state index >= 15 is 0 Å². The Morgan fingerprint density at radius 3 is 2.40 bits per heavy atom. The Labute approximate surface area is 90.5 Å². The molecular weight excluding hydrogens is 190 g/mol. The van der Waals surface area contributed by atoms with E-state index in [0.717, 1.165) is 12.5 Å². The number of carboxylic acid groups (broad SMARTS) is 1. The fourth-order valence-electron chi connectivity index (χ4n) is 4.48. The van der Waals surface area contributed by atoms with Crippen LogP contribution in [0.15, 0.2) is 0 Å². The van der Waals surface area contributed by atoms with Gasteiger partial charge >= 0.3 is 5.97 Å². The largest absolute Gasteiger partial charge is 0.480 e. The van der Waals surface area contributed by atoms with E-state index in [-0.39, 0.29) is 6.04 Å². The Kier molecular flexibility index (Phi) is 2.06. The lowest BCUT2D eigenvalue weighted by Crippen LogP contribution is -2.45. The van der Waals surface area contributed by atoms with Crippen LogP contribution >= 0.6 is 0 Å². The summed E-state index contributed by atoms with van der Waals surface area (Å²) in [5, 5.41) is 9.31. The maximum atomic E-state index is 11.3. The van der Waals surface area contributed by atoms with E-state index in [0.29, 0.717) is 17.8 Å². The molecule has 3 atom stereocenters. The molecule has 0 aromatic rings. The molecule has 3 aliphatic carbocycles. The second kappa shape index (κ2) is 3.21. The first-order chi connectivity index (χ1) is 7.18. The Morgan fingerprint density at radius 1 is 1.20 bits per heavy atom. The van der Waals surface area contributed by atoms with E-state index in [2.05, 4.69) is 4.90 Å². The van der Waals surface area contributed by atoms with Crippen LogP contribution in [0.3, 0.4) is 0 Å². The van der Waals surface area contributed by atoms with Gasteiger partial charge in [-0.15, -0.1) is 0 Å². The van der Waals surface area contributed by atoms with Crippen LogP contribution in [0.4, 0.5) is 0 Å². The summed E-state index contributed by atoms with van der Waals surface area (Å²) in [5.41, 5.74) is 0. The molecule has 0 aromatic heterocycles. The van der Waals surface area contributed by atoms with E-state index in [1.165, 1.54) is 25.7 Å². The van der Waals surface area contributed by atoms with Gasteiger partial charge in [0.25, 0.3) is 0 Å². The molecule has 2 bridgehead atoms. The van der Waals surface area contributed by atoms with Gasteiger partial charge in [-0.1, -0.05) is 0 Å². The van der Waals surface area contributed by atoms with E-state index in [9.17, 15) is 9.90 Å². The van der Waals surface area contributed by atoms with Crippen LogP contribution in [0, 0.1) is 23.7 Å². The lowest BCUT2D eigenvalue weighted by atomic mass is 9.58. The van der Waals surface area contributed by atoms with Crippen LogP contribution in [0.25, 0.3) is 0 Å². The summed E-state index contributed by atoms with van der Waals surface area (Å²) < 4.78 is 0. The third-order valence-corrected chi connectivity index (χ3v) is 5.05. The van der Waals surface area contributed by atoms with Gasteiger partial charge in [0.1, 0.15) is 6.04 Å². The first-order valence-electron chi connectivity index (χ1n) is 6.11. The Balaban J connectivity index is 1.91. The van der Waals surface area contributed by atoms with Gasteiger partial charge in [-0.25, -0.2) is 0 Å². The molecular formula is C12H19NO2. The second-order valence-electron chi connectivity index (χ2n) is 5.64. The van der Waals surface area contributed by atoms with Crippen LogP contribution in [0.1, 0.15) is 25.7 Å². The molecule has 4 rings (SSSR count). The fraction of sp³-hybridized carbons (Fsp3) is 0.917. The predicted octanol–water partition coefficient (Wildman–Crippen LogP) is 1.44. The SMILES string of the molecule is CN1CC2C3CCC(CC3)C2C1C(=O)O. The van der Waals surface area contributed by atoms with Crippen LogP contribution in [-0.4, -0.2) is 35.6 Å². The highest BCUT2D eigenvalue weighted by atomic mass is 16.4. The maximum absolute atomic E-state index is 11.3. The average Bonchev–Trinajstić information content (AvgIpc) is 2.58. The van der Waals surface area contributed by atoms with Crippen LogP contribution in [0.2, 0.25) is 0 Å². The zero-order chi connectivity index (χ0) is 10.6. The molecule has 1 aliphatic heterocycles. The Bertz CT molecular complexity index is 283. The zero-order valence-corrected chi connectivity index (χ0v) is 9.22. The van der Waals surface area contributed by atoms with Crippen molar-refractivity contribution >= 4 is 5.97 Å². The molecule has 0 spiro atoms. The average molecular weight is 209 g/mol. The second-order valence-corrected chi connectivity index (χ2v) is 5.64. The highest BCUT2D eigenvalue weighted by Crippen LogP contribution is 2.53. The third kappa shape index (κ3) is 1.25. The van der Waals surface area contributed by atoms with Gasteiger partial charge in [-0.2, -0.15) is 0 Å². The van der Waals surface area contributed by atoms with Crippen LogP contribution < -0.4 is 0 Å². The topological polar surface area (TPSA) is 40.5 Å². The Morgan fingerprint density at radius 2 is 1.80 bits per heavy atom. The quantitative estimate of drug-likeness (QED) is 0.710. The number of likely N-dealkylation sites (N-methyl/N-ethyl adjacent to an activating group) is 1. The molecule has 84 valence electrons. The van der Waals surface area contributed by atoms with Gasteiger partial charge in [0.05, 0.1) is 0 Å². The molecule has 1 saturated heterocycles. The normalized spacial score (nSPS) is 49.3. The van der Waals surface area contributed by atoms with Gasteiger partial charge in [0.2, 0.25) is 0 Å². The number of fused-ring (bicyclic) bond motifs is 2. The first-order valence-corrected chi connectivity index (χ1v) is 6.11. The molecule has 0 radical (unpaired) electrons. The van der Waals surface area contributed by atoms with Crippen LogP contribution in [-0.2, 0) is 4.79 Å². The minimum atomic E-state index is -0.599. The molecule has 15 heavy (non-hydrogen) atoms. The number of rotatable bonds is 1. The predicted molar refractivity (Wildman–Crippen MR) is 56.5 cm³/mol. The summed E-state index contributed by atoms with van der Waals surface area (Å²) in [4.78, 5) is 13.4. The fourth-order valence-corrected chi connectivity index (χ4v) is 4.48. The molecule has 3 heteroatoms. The summed E-state index contributed by atoms with van der Waals surface area (Å²) in [6, 6.07) is -0.192. The van der Waals surface area contributed by atoms with E-state index < -0.39 is 5.97 Å². The number of aliphatic carboxylic acids is 1. The Hall–Kier alpha value is -0.570. The molecule has 3 saturated carbocycles. The number of hydrogen-bond donors (Lipinski definition) is 1. The molecule has 1 heterocycles. The smallest absolute Gasteiger partial charge is 0.321 e. The molecule has 4 fully saturated rings. The number of hydrogen-bond acceptors (Lipinski definition) is 2. The van der Waals surface area contributed by atoms with Crippen molar-refractivity contribution in [3.8, 4) is 0 Å². The first kappa shape index (κ1) is 9.64. The van der Waals surface area contributed by atoms with E-state index in [4.69, 9.17) is 0 Å². The standard InChI is InChI=1S/C12H19NO2/c1-13-6-9-7-2-4-8(5-3-7)10(9)11(13)12(14)15/h7-11H,2-6H2,1H3,(H,14,15). The van der Waals surface area contributed by atoms with Gasteiger partial charge in [-0.3, -0.25) is 9.69 Å². The monoisotopic (exact) mass is 209 g/mol. The minimum absolute atomic E-state index is 0.192. The third-order valence-electron chi connectivity index (χ3n) is 5.05. The highest BCUT2D eigenvalue weighted by Gasteiger charge is 2.54.